The third-order valence-electron chi connectivity index (χ3n) is 3.66. The van der Waals surface area contributed by atoms with Crippen molar-refractivity contribution in [2.24, 2.45) is 5.73 Å². The average Bonchev–Trinajstić information content (AvgIpc) is 2.46. The fraction of sp³-hybridized carbons (Fsp3) is 0.571. The van der Waals surface area contributed by atoms with Gasteiger partial charge in [-0.05, 0) is 24.7 Å². The van der Waals surface area contributed by atoms with Gasteiger partial charge in [0.05, 0.1) is 18.2 Å². The second-order valence-electron chi connectivity index (χ2n) is 5.10. The fourth-order valence-corrected chi connectivity index (χ4v) is 2.58. The molecule has 1 aromatic rings. The molecule has 1 aromatic carbocycles. The number of nitrogens with one attached hydrogen (secondary N) is 1. The third-order valence-corrected chi connectivity index (χ3v) is 3.95. The molecule has 2 rings (SSSR count). The Kier molecular flexibility index (Phi) is 5.63. The van der Waals surface area contributed by atoms with Gasteiger partial charge in [-0.25, -0.2) is 10.4 Å². The first-order valence-electron chi connectivity index (χ1n) is 6.87. The van der Waals surface area contributed by atoms with E-state index in [9.17, 15) is 0 Å². The van der Waals surface area contributed by atoms with E-state index < -0.39 is 0 Å². The van der Waals surface area contributed by atoms with Crippen LogP contribution in [-0.2, 0) is 0 Å². The van der Waals surface area contributed by atoms with Crippen molar-refractivity contribution in [3.63, 3.8) is 0 Å². The zero-order chi connectivity index (χ0) is 14.5. The molecule has 0 radical (unpaired) electrons. The number of hydrogen-bond acceptors (Lipinski definition) is 5. The van der Waals surface area contributed by atoms with Crippen LogP contribution in [0.25, 0.3) is 0 Å². The molecule has 6 heteroatoms. The normalized spacial score (nSPS) is 19.0. The molecule has 0 aliphatic carbocycles. The summed E-state index contributed by atoms with van der Waals surface area (Å²) in [5.41, 5.74) is 10.5. The van der Waals surface area contributed by atoms with Gasteiger partial charge in [-0.1, -0.05) is 17.7 Å². The predicted octanol–water partition coefficient (Wildman–Crippen LogP) is 1.10. The van der Waals surface area contributed by atoms with Crippen molar-refractivity contribution < 1.29 is 4.74 Å². The van der Waals surface area contributed by atoms with Gasteiger partial charge in [0.1, 0.15) is 5.75 Å². The molecule has 0 spiro atoms. The lowest BCUT2D eigenvalue weighted by Gasteiger charge is -2.35. The highest BCUT2D eigenvalue weighted by Crippen LogP contribution is 2.27. The molecule has 1 fully saturated rings. The highest BCUT2D eigenvalue weighted by atomic mass is 35.5. The second kappa shape index (κ2) is 7.24. The summed E-state index contributed by atoms with van der Waals surface area (Å²) >= 11 is 6.18. The molecule has 0 aromatic heterocycles. The fourth-order valence-electron chi connectivity index (χ4n) is 2.32. The number of halogens is 1. The quantitative estimate of drug-likeness (QED) is 0.853. The lowest BCUT2D eigenvalue weighted by molar-refractivity contribution is 0.0880. The van der Waals surface area contributed by atoms with Crippen LogP contribution in [0.1, 0.15) is 11.6 Å². The average molecular weight is 299 g/mol. The van der Waals surface area contributed by atoms with Crippen LogP contribution < -0.4 is 15.9 Å². The number of nitrogens with two attached hydrogens (primary N) is 1. The molecule has 20 heavy (non-hydrogen) atoms. The van der Waals surface area contributed by atoms with Crippen LogP contribution in [0.15, 0.2) is 18.2 Å². The standard InChI is InChI=1S/C14H23ClN4O/c1-18-5-7-19(8-6-18)17-13(10-16)11-3-4-14(20-2)12(15)9-11/h3-4,9,13,17H,5-8,10,16H2,1-2H3. The number of nitrogens with zero attached hydrogens (tertiary/aromatic N) is 2. The molecule has 112 valence electrons. The molecule has 5 nitrogen and oxygen atoms in total. The minimum absolute atomic E-state index is 0.0711. The smallest absolute Gasteiger partial charge is 0.137 e. The lowest BCUT2D eigenvalue weighted by atomic mass is 10.1. The summed E-state index contributed by atoms with van der Waals surface area (Å²) in [6, 6.07) is 5.87. The van der Waals surface area contributed by atoms with Crippen LogP contribution in [0.3, 0.4) is 0 Å². The number of hydrazine groups is 1. The van der Waals surface area contributed by atoms with Crippen LogP contribution in [-0.4, -0.2) is 56.8 Å². The van der Waals surface area contributed by atoms with E-state index in [2.05, 4.69) is 22.4 Å². The Morgan fingerprint density at radius 1 is 1.35 bits per heavy atom. The molecule has 0 bridgehead atoms. The van der Waals surface area contributed by atoms with E-state index in [0.29, 0.717) is 17.3 Å². The van der Waals surface area contributed by atoms with E-state index in [1.165, 1.54) is 0 Å². The maximum atomic E-state index is 6.18. The van der Waals surface area contributed by atoms with Crippen molar-refractivity contribution in [1.29, 1.82) is 0 Å². The monoisotopic (exact) mass is 298 g/mol. The van der Waals surface area contributed by atoms with Crippen molar-refractivity contribution in [3.8, 4) is 5.75 Å². The van der Waals surface area contributed by atoms with Gasteiger partial charge in [-0.3, -0.25) is 0 Å². The molecule has 1 saturated heterocycles. The predicted molar refractivity (Wildman–Crippen MR) is 82.0 cm³/mol. The van der Waals surface area contributed by atoms with Crippen molar-refractivity contribution >= 4 is 11.6 Å². The van der Waals surface area contributed by atoms with Gasteiger partial charge in [-0.2, -0.15) is 0 Å². The summed E-state index contributed by atoms with van der Waals surface area (Å²) in [4.78, 5) is 2.32. The van der Waals surface area contributed by atoms with Crippen LogP contribution in [0.4, 0.5) is 0 Å². The van der Waals surface area contributed by atoms with Crippen LogP contribution in [0.5, 0.6) is 5.75 Å². The minimum Gasteiger partial charge on any atom is -0.495 e. The number of methoxy groups -OCH3 is 1. The van der Waals surface area contributed by atoms with Crippen molar-refractivity contribution in [3.05, 3.63) is 28.8 Å². The topological polar surface area (TPSA) is 53.8 Å². The zero-order valence-corrected chi connectivity index (χ0v) is 12.9. The summed E-state index contributed by atoms with van der Waals surface area (Å²) in [5.74, 6) is 0.686. The Morgan fingerprint density at radius 3 is 2.60 bits per heavy atom. The van der Waals surface area contributed by atoms with E-state index in [1.807, 2.05) is 18.2 Å². The maximum absolute atomic E-state index is 6.18. The van der Waals surface area contributed by atoms with E-state index in [1.54, 1.807) is 7.11 Å². The van der Waals surface area contributed by atoms with Gasteiger partial charge in [0.25, 0.3) is 0 Å². The molecule has 1 unspecified atom stereocenters. The summed E-state index contributed by atoms with van der Waals surface area (Å²) < 4.78 is 5.18. The van der Waals surface area contributed by atoms with Gasteiger partial charge in [0, 0.05) is 32.7 Å². The largest absolute Gasteiger partial charge is 0.495 e. The number of piperazine rings is 1. The van der Waals surface area contributed by atoms with Gasteiger partial charge in [0.2, 0.25) is 0 Å². The Balaban J connectivity index is 2.02. The molecule has 1 aliphatic rings. The minimum atomic E-state index is 0.0711. The first-order valence-corrected chi connectivity index (χ1v) is 7.25. The van der Waals surface area contributed by atoms with Gasteiger partial charge in [0.15, 0.2) is 0 Å². The van der Waals surface area contributed by atoms with Crippen LogP contribution in [0, 0.1) is 0 Å². The highest BCUT2D eigenvalue weighted by Gasteiger charge is 2.18. The number of hydrogen-bond donors (Lipinski definition) is 2. The van der Waals surface area contributed by atoms with Gasteiger partial charge < -0.3 is 15.4 Å². The first kappa shape index (κ1) is 15.5. The van der Waals surface area contributed by atoms with E-state index in [-0.39, 0.29) is 6.04 Å². The van der Waals surface area contributed by atoms with Gasteiger partial charge in [-0.15, -0.1) is 0 Å². The second-order valence-corrected chi connectivity index (χ2v) is 5.51. The Bertz CT molecular complexity index is 435. The third kappa shape index (κ3) is 3.84. The van der Waals surface area contributed by atoms with Crippen LogP contribution in [0.2, 0.25) is 5.02 Å². The van der Waals surface area contributed by atoms with Crippen LogP contribution >= 0.6 is 11.6 Å². The Morgan fingerprint density at radius 2 is 2.05 bits per heavy atom. The molecular weight excluding hydrogens is 276 g/mol. The zero-order valence-electron chi connectivity index (χ0n) is 12.1. The molecule has 3 N–H and O–H groups in total. The van der Waals surface area contributed by atoms with E-state index in [0.717, 1.165) is 31.7 Å². The Labute approximate surface area is 125 Å². The maximum Gasteiger partial charge on any atom is 0.137 e. The lowest BCUT2D eigenvalue weighted by Crippen LogP contribution is -2.52. The van der Waals surface area contributed by atoms with E-state index in [4.69, 9.17) is 22.1 Å². The molecular formula is C14H23ClN4O. The van der Waals surface area contributed by atoms with E-state index >= 15 is 0 Å². The first-order chi connectivity index (χ1) is 9.63. The van der Waals surface area contributed by atoms with Crippen molar-refractivity contribution in [2.45, 2.75) is 6.04 Å². The Hall–Kier alpha value is -0.850. The van der Waals surface area contributed by atoms with Crippen molar-refractivity contribution in [1.82, 2.24) is 15.3 Å². The summed E-state index contributed by atoms with van der Waals surface area (Å²) in [6.45, 7) is 4.64. The highest BCUT2D eigenvalue weighted by molar-refractivity contribution is 6.32. The van der Waals surface area contributed by atoms with Crippen molar-refractivity contribution in [2.75, 3.05) is 46.9 Å². The summed E-state index contributed by atoms with van der Waals surface area (Å²) in [7, 11) is 3.75. The number of rotatable bonds is 5. The summed E-state index contributed by atoms with van der Waals surface area (Å²) in [6.07, 6.45) is 0. The van der Waals surface area contributed by atoms with Gasteiger partial charge >= 0.3 is 0 Å². The SMILES string of the molecule is COc1ccc(C(CN)NN2CCN(C)CC2)cc1Cl. The molecule has 1 atom stereocenters. The number of benzene rings is 1. The molecule has 0 saturated carbocycles. The summed E-state index contributed by atoms with van der Waals surface area (Å²) in [5, 5.41) is 2.85. The molecule has 0 amide bonds. The number of ether oxygens (including phenoxy) is 1. The number of likely N-dealkylation sites (N-methyl/N-ethyl adjacent to an activating group) is 1. The molecule has 1 heterocycles. The molecule has 1 aliphatic heterocycles.